The second kappa shape index (κ2) is 18.4. The number of halogens is 1. The molecule has 17 heteroatoms. The first-order chi connectivity index (χ1) is 29.0. The lowest BCUT2D eigenvalue weighted by atomic mass is 10.0. The number of imidazole rings is 2. The van der Waals surface area contributed by atoms with Gasteiger partial charge >= 0.3 is 12.2 Å². The molecule has 3 aliphatic rings. The number of likely N-dealkylation sites (tertiary alicyclic amines) is 2. The molecule has 16 nitrogen and oxygen atoms in total. The van der Waals surface area contributed by atoms with Gasteiger partial charge in [0.1, 0.15) is 34.6 Å². The van der Waals surface area contributed by atoms with Crippen LogP contribution in [0.25, 0.3) is 33.6 Å². The third kappa shape index (κ3) is 8.86. The zero-order valence-corrected chi connectivity index (χ0v) is 35.5. The fourth-order valence-electron chi connectivity index (χ4n) is 8.62. The number of carbonyl (C=O) groups excluding carboxylic acids is 4. The Hall–Kier alpha value is -5.45. The van der Waals surface area contributed by atoms with Crippen LogP contribution in [0.2, 0.25) is 5.15 Å². The largest absolute Gasteiger partial charge is 0.453 e. The van der Waals surface area contributed by atoms with Crippen molar-refractivity contribution in [2.75, 3.05) is 41.7 Å². The molecule has 7 rings (SSSR count). The Morgan fingerprint density at radius 3 is 1.83 bits per heavy atom. The summed E-state index contributed by atoms with van der Waals surface area (Å²) in [6.45, 7) is 4.74. The van der Waals surface area contributed by atoms with Gasteiger partial charge in [-0.3, -0.25) is 9.59 Å². The number of carbonyl (C=O) groups is 4. The minimum Gasteiger partial charge on any atom is -0.453 e. The van der Waals surface area contributed by atoms with Crippen LogP contribution in [0.1, 0.15) is 69.7 Å². The fraction of sp³-hybridized carbons (Fsp3) is 0.488. The molecule has 320 valence electrons. The summed E-state index contributed by atoms with van der Waals surface area (Å²) in [6, 6.07) is 14.0. The number of nitrogens with zero attached hydrogens (tertiary/aromatic N) is 4. The van der Waals surface area contributed by atoms with E-state index in [-0.39, 0.29) is 41.9 Å². The predicted octanol–water partition coefficient (Wildman–Crippen LogP) is 6.27. The number of ether oxygens (including phenoxy) is 4. The third-order valence-corrected chi connectivity index (χ3v) is 12.4. The van der Waals surface area contributed by atoms with E-state index in [0.29, 0.717) is 54.5 Å². The monoisotopic (exact) mass is 844 g/mol. The number of hydrogen-bond donors (Lipinski definition) is 4. The molecule has 2 saturated heterocycles. The van der Waals surface area contributed by atoms with E-state index in [1.54, 1.807) is 20.4 Å². The second-order valence-corrected chi connectivity index (χ2v) is 16.2. The quantitative estimate of drug-likeness (QED) is 0.106. The van der Waals surface area contributed by atoms with Gasteiger partial charge in [0.05, 0.1) is 38.2 Å². The number of hydrogen-bond acceptors (Lipinski definition) is 10. The molecule has 0 spiro atoms. The van der Waals surface area contributed by atoms with E-state index >= 15 is 0 Å². The van der Waals surface area contributed by atoms with E-state index in [2.05, 4.69) is 27.5 Å². The van der Waals surface area contributed by atoms with E-state index in [0.717, 1.165) is 47.2 Å². The van der Waals surface area contributed by atoms with Gasteiger partial charge < -0.3 is 49.3 Å². The van der Waals surface area contributed by atoms with Crippen molar-refractivity contribution < 1.29 is 38.1 Å². The number of fused-ring (bicyclic) bond motifs is 1. The number of methoxy groups -OCH3 is 4. The summed E-state index contributed by atoms with van der Waals surface area (Å²) in [5, 5.41) is 5.74. The fourth-order valence-corrected chi connectivity index (χ4v) is 8.87. The highest BCUT2D eigenvalue weighted by atomic mass is 35.5. The molecular formula is C43H53ClN8O8. The SMILES string of the molecule is COCC[C@H](NC(=O)OC)C(=O)N1C2C[C@@H]2C[C@H]1c1nc(-c2ccc(-c3ccc(-c4cnc([C@@H]5C[C@@H](C)[C@@H](C)N5C(=O)[C@H](CCOC)NC(=O)OC)[nH]4)cc3)cc2)c(Cl)[nH]1. The molecule has 0 radical (unpaired) electrons. The molecule has 60 heavy (non-hydrogen) atoms. The van der Waals surface area contributed by atoms with E-state index in [4.69, 9.17) is 40.5 Å². The maximum absolute atomic E-state index is 13.9. The number of aromatic nitrogens is 4. The maximum atomic E-state index is 13.9. The molecule has 3 fully saturated rings. The van der Waals surface area contributed by atoms with Crippen molar-refractivity contribution in [3.8, 4) is 33.6 Å². The van der Waals surface area contributed by atoms with Crippen molar-refractivity contribution in [1.82, 2.24) is 40.4 Å². The van der Waals surface area contributed by atoms with Gasteiger partial charge in [-0.05, 0) is 54.7 Å². The maximum Gasteiger partial charge on any atom is 0.407 e. The van der Waals surface area contributed by atoms with Crippen molar-refractivity contribution in [2.24, 2.45) is 11.8 Å². The van der Waals surface area contributed by atoms with Gasteiger partial charge in [-0.25, -0.2) is 19.6 Å². The minimum atomic E-state index is -0.799. The zero-order chi connectivity index (χ0) is 42.7. The van der Waals surface area contributed by atoms with Crippen LogP contribution in [0.4, 0.5) is 9.59 Å². The highest BCUT2D eigenvalue weighted by Gasteiger charge is 2.56. The molecule has 4 N–H and O–H groups in total. The average molecular weight is 845 g/mol. The van der Waals surface area contributed by atoms with Crippen LogP contribution in [0.15, 0.2) is 54.7 Å². The molecule has 4 heterocycles. The highest BCUT2D eigenvalue weighted by molar-refractivity contribution is 6.31. The van der Waals surface area contributed by atoms with E-state index in [9.17, 15) is 19.2 Å². The molecule has 0 bridgehead atoms. The highest BCUT2D eigenvalue weighted by Crippen LogP contribution is 2.53. The van der Waals surface area contributed by atoms with Crippen molar-refractivity contribution in [1.29, 1.82) is 0 Å². The Balaban J connectivity index is 1.03. The second-order valence-electron chi connectivity index (χ2n) is 15.8. The minimum absolute atomic E-state index is 0.0706. The normalized spacial score (nSPS) is 22.9. The summed E-state index contributed by atoms with van der Waals surface area (Å²) >= 11 is 6.76. The molecule has 1 saturated carbocycles. The van der Waals surface area contributed by atoms with Crippen molar-refractivity contribution >= 4 is 35.6 Å². The van der Waals surface area contributed by atoms with Crippen LogP contribution in [0.3, 0.4) is 0 Å². The van der Waals surface area contributed by atoms with Crippen LogP contribution in [0.5, 0.6) is 0 Å². The lowest BCUT2D eigenvalue weighted by Gasteiger charge is -2.32. The molecule has 2 aromatic heterocycles. The number of benzene rings is 2. The Kier molecular flexibility index (Phi) is 13.1. The number of alkyl carbamates (subject to hydrolysis) is 2. The summed E-state index contributed by atoms with van der Waals surface area (Å²) in [6.07, 6.45) is 3.46. The Morgan fingerprint density at radius 2 is 1.27 bits per heavy atom. The topological polar surface area (TPSA) is 193 Å². The first kappa shape index (κ1) is 42.7. The first-order valence-corrected chi connectivity index (χ1v) is 20.7. The third-order valence-electron chi connectivity index (χ3n) is 12.2. The number of nitrogens with one attached hydrogen (secondary N) is 4. The Labute approximate surface area is 354 Å². The Bertz CT molecular complexity index is 2160. The van der Waals surface area contributed by atoms with Crippen LogP contribution in [-0.4, -0.2) is 120 Å². The van der Waals surface area contributed by atoms with Crippen LogP contribution < -0.4 is 10.6 Å². The van der Waals surface area contributed by atoms with E-state index in [1.807, 2.05) is 65.3 Å². The van der Waals surface area contributed by atoms with Crippen LogP contribution >= 0.6 is 11.6 Å². The van der Waals surface area contributed by atoms with Gasteiger partial charge in [0.2, 0.25) is 11.8 Å². The molecule has 2 aromatic carbocycles. The van der Waals surface area contributed by atoms with Crippen LogP contribution in [-0.2, 0) is 28.5 Å². The number of H-pyrrole nitrogens is 2. The number of rotatable bonds is 15. The van der Waals surface area contributed by atoms with Gasteiger partial charge in [0.15, 0.2) is 0 Å². The Morgan fingerprint density at radius 1 is 0.733 bits per heavy atom. The van der Waals surface area contributed by atoms with Gasteiger partial charge in [-0.1, -0.05) is 67.1 Å². The van der Waals surface area contributed by atoms with Crippen LogP contribution in [0, 0.1) is 11.8 Å². The van der Waals surface area contributed by atoms with Crippen molar-refractivity contribution in [3.63, 3.8) is 0 Å². The number of aromatic amines is 2. The summed E-state index contributed by atoms with van der Waals surface area (Å²) < 4.78 is 20.0. The number of piperidine rings is 1. The first-order valence-electron chi connectivity index (χ1n) is 20.3. The van der Waals surface area contributed by atoms with E-state index in [1.165, 1.54) is 14.2 Å². The lowest BCUT2D eigenvalue weighted by molar-refractivity contribution is -0.137. The number of amides is 4. The van der Waals surface area contributed by atoms with Gasteiger partial charge in [0, 0.05) is 57.9 Å². The zero-order valence-electron chi connectivity index (χ0n) is 34.7. The van der Waals surface area contributed by atoms with Crippen molar-refractivity contribution in [3.05, 3.63) is 71.5 Å². The molecule has 8 atom stereocenters. The summed E-state index contributed by atoms with van der Waals surface area (Å²) in [5.41, 5.74) is 5.20. The molecule has 1 unspecified atom stereocenters. The average Bonchev–Trinajstić information content (AvgIpc) is 3.60. The molecular weight excluding hydrogens is 792 g/mol. The molecule has 4 amide bonds. The van der Waals surface area contributed by atoms with Gasteiger partial charge in [-0.2, -0.15) is 0 Å². The summed E-state index contributed by atoms with van der Waals surface area (Å²) in [4.78, 5) is 72.0. The standard InChI is InChI=1S/C43H53ClN8O8/c1-23-19-34(51(24(23)2)40(53)30(15-17-57-3)47-42(55)59-5)38-45-22-32(46-38)27-11-7-25(8-12-27)26-9-13-28(14-10-26)36-37(44)50-39(49-36)35-21-29-20-33(29)52(35)41(54)31(16-18-58-4)48-43(56)60-6/h7-14,22-24,29-31,33-35H,15-21H2,1-6H3,(H,45,46)(H,47,55)(H,48,56)(H,49,50)/t23-,24-,29-,30+,31+,33?,34+,35+/m1/s1. The summed E-state index contributed by atoms with van der Waals surface area (Å²) in [7, 11) is 5.65. The summed E-state index contributed by atoms with van der Waals surface area (Å²) in [5.74, 6) is 1.48. The molecule has 2 aliphatic heterocycles. The van der Waals surface area contributed by atoms with Crippen molar-refractivity contribution in [2.45, 2.75) is 82.2 Å². The molecule has 1 aliphatic carbocycles. The van der Waals surface area contributed by atoms with Gasteiger partial charge in [-0.15, -0.1) is 0 Å². The van der Waals surface area contributed by atoms with Gasteiger partial charge in [0.25, 0.3) is 0 Å². The smallest absolute Gasteiger partial charge is 0.407 e. The predicted molar refractivity (Wildman–Crippen MR) is 223 cm³/mol. The van der Waals surface area contributed by atoms with E-state index < -0.39 is 24.3 Å². The molecule has 4 aromatic rings. The lowest BCUT2D eigenvalue weighted by Crippen LogP contribution is -2.51.